The van der Waals surface area contributed by atoms with Crippen LogP contribution in [-0.2, 0) is 16.7 Å². The molecule has 9 heteroatoms. The Morgan fingerprint density at radius 3 is 1.62 bits per heavy atom. The number of nitrogens with zero attached hydrogens (tertiary/aromatic N) is 2. The van der Waals surface area contributed by atoms with E-state index in [9.17, 15) is 23.1 Å². The van der Waals surface area contributed by atoms with Crippen molar-refractivity contribution in [3.63, 3.8) is 0 Å². The molecule has 0 spiro atoms. The molecule has 0 saturated carbocycles. The normalized spacial score (nSPS) is 11.6. The monoisotopic (exact) mass is 624 g/mol. The molecule has 238 valence electrons. The lowest BCUT2D eigenvalue weighted by molar-refractivity contribution is -0.903. The van der Waals surface area contributed by atoms with Crippen molar-refractivity contribution >= 4 is 27.4 Å². The number of nitro benzene ring substituents is 1. The van der Waals surface area contributed by atoms with Gasteiger partial charge in [0.05, 0.1) is 30.5 Å². The van der Waals surface area contributed by atoms with E-state index in [0.29, 0.717) is 6.07 Å². The third-order valence-corrected chi connectivity index (χ3v) is 8.62. The summed E-state index contributed by atoms with van der Waals surface area (Å²) in [5.74, 6) is 0. The summed E-state index contributed by atoms with van der Waals surface area (Å²) >= 11 is 5.40. The molecule has 0 heterocycles. The van der Waals surface area contributed by atoms with Crippen molar-refractivity contribution in [1.82, 2.24) is 0 Å². The lowest BCUT2D eigenvalue weighted by Crippen LogP contribution is -2.39. The molecule has 0 N–H and O–H groups in total. The van der Waals surface area contributed by atoms with E-state index in [2.05, 4.69) is 51.4 Å². The predicted octanol–water partition coefficient (Wildman–Crippen LogP) is 9.68. The fourth-order valence-electron chi connectivity index (χ4n) is 5.03. The van der Waals surface area contributed by atoms with Crippen LogP contribution in [0.2, 0.25) is 5.02 Å². The van der Waals surface area contributed by atoms with E-state index in [-0.39, 0.29) is 5.02 Å². The Labute approximate surface area is 260 Å². The highest BCUT2D eigenvalue weighted by molar-refractivity contribution is 7.85. The average molecular weight is 625 g/mol. The van der Waals surface area contributed by atoms with Gasteiger partial charge in [-0.25, -0.2) is 8.42 Å². The third kappa shape index (κ3) is 18.5. The zero-order valence-electron chi connectivity index (χ0n) is 26.1. The molecule has 0 aliphatic rings. The number of nitro groups is 1. The van der Waals surface area contributed by atoms with E-state index in [1.807, 2.05) is 0 Å². The highest BCUT2D eigenvalue weighted by Crippen LogP contribution is 2.26. The van der Waals surface area contributed by atoms with Crippen molar-refractivity contribution in [2.75, 3.05) is 20.6 Å². The molecule has 0 radical (unpaired) electrons. The SMILES string of the molecule is CCCCCCCCCCCCCCCCCC[N+](C)(C)Cc1ccccc1.O=[N+]([O-])c1cc(S(=O)(=O)[O-])ccc1Cl. The van der Waals surface area contributed by atoms with Gasteiger partial charge in [-0.1, -0.05) is 139 Å². The number of rotatable bonds is 21. The summed E-state index contributed by atoms with van der Waals surface area (Å²) in [5.41, 5.74) is 0.854. The number of hydrogen-bond donors (Lipinski definition) is 0. The van der Waals surface area contributed by atoms with Gasteiger partial charge in [0.25, 0.3) is 5.69 Å². The van der Waals surface area contributed by atoms with Crippen molar-refractivity contribution in [2.24, 2.45) is 0 Å². The molecule has 0 atom stereocenters. The second-order valence-electron chi connectivity index (χ2n) is 11.9. The van der Waals surface area contributed by atoms with E-state index >= 15 is 0 Å². The molecule has 0 amide bonds. The van der Waals surface area contributed by atoms with Crippen LogP contribution in [0.3, 0.4) is 0 Å². The molecule has 0 saturated heterocycles. The second kappa shape index (κ2) is 21.7. The fraction of sp³-hybridized carbons (Fsp3) is 0.636. The Balaban J connectivity index is 0.000000525. The summed E-state index contributed by atoms with van der Waals surface area (Å²) in [6, 6.07) is 13.5. The molecule has 0 fully saturated rings. The Morgan fingerprint density at radius 1 is 0.738 bits per heavy atom. The lowest BCUT2D eigenvalue weighted by atomic mass is 10.0. The summed E-state index contributed by atoms with van der Waals surface area (Å²) < 4.78 is 32.6. The van der Waals surface area contributed by atoms with Crippen molar-refractivity contribution in [3.8, 4) is 0 Å². The first-order valence-electron chi connectivity index (χ1n) is 15.7. The summed E-state index contributed by atoms with van der Waals surface area (Å²) in [4.78, 5) is 8.79. The highest BCUT2D eigenvalue weighted by Gasteiger charge is 2.16. The van der Waals surface area contributed by atoms with Crippen molar-refractivity contribution in [1.29, 1.82) is 0 Å². The molecule has 7 nitrogen and oxygen atoms in total. The summed E-state index contributed by atoms with van der Waals surface area (Å²) in [6.07, 6.45) is 23.2. The molecule has 0 aromatic heterocycles. The maximum absolute atomic E-state index is 10.5. The van der Waals surface area contributed by atoms with E-state index < -0.39 is 25.6 Å². The van der Waals surface area contributed by atoms with Crippen LogP contribution in [0.4, 0.5) is 5.69 Å². The minimum Gasteiger partial charge on any atom is -0.744 e. The predicted molar refractivity (Wildman–Crippen MR) is 173 cm³/mol. The molecule has 0 bridgehead atoms. The number of benzene rings is 2. The van der Waals surface area contributed by atoms with E-state index in [1.54, 1.807) is 0 Å². The van der Waals surface area contributed by atoms with E-state index in [1.165, 1.54) is 115 Å². The van der Waals surface area contributed by atoms with Crippen LogP contribution in [0.5, 0.6) is 0 Å². The highest BCUT2D eigenvalue weighted by atomic mass is 35.5. The van der Waals surface area contributed by atoms with Crippen LogP contribution in [-0.4, -0.2) is 43.0 Å². The molecular weight excluding hydrogens is 572 g/mol. The van der Waals surface area contributed by atoms with Gasteiger partial charge >= 0.3 is 0 Å². The van der Waals surface area contributed by atoms with E-state index in [4.69, 9.17) is 11.6 Å². The van der Waals surface area contributed by atoms with Gasteiger partial charge in [0.15, 0.2) is 0 Å². The van der Waals surface area contributed by atoms with Crippen LogP contribution in [0, 0.1) is 10.1 Å². The van der Waals surface area contributed by atoms with E-state index in [0.717, 1.165) is 23.2 Å². The lowest BCUT2D eigenvalue weighted by Gasteiger charge is -2.30. The summed E-state index contributed by atoms with van der Waals surface area (Å²) in [5, 5.41) is 10.1. The fourth-order valence-corrected chi connectivity index (χ4v) is 5.71. The van der Waals surface area contributed by atoms with Crippen LogP contribution in [0.15, 0.2) is 53.4 Å². The first kappa shape index (κ1) is 38.0. The minimum atomic E-state index is -4.69. The van der Waals surface area contributed by atoms with Gasteiger partial charge in [0, 0.05) is 11.6 Å². The van der Waals surface area contributed by atoms with Crippen molar-refractivity contribution in [2.45, 2.75) is 121 Å². The Kier molecular flexibility index (Phi) is 19.6. The standard InChI is InChI=1S/C27H50N.C6H4ClNO5S/c1-4-5-6-7-8-9-10-11-12-13-14-15-16-17-18-22-25-28(2,3)26-27-23-20-19-21-24-27;7-5-2-1-4(14(11,12)13)3-6(5)8(9)10/h19-21,23-24H,4-18,22,25-26H2,1-3H3;1-3H,(H,11,12,13)/q+1;/p-1. The van der Waals surface area contributed by atoms with Gasteiger partial charge < -0.3 is 9.04 Å². The van der Waals surface area contributed by atoms with Crippen LogP contribution in [0.1, 0.15) is 115 Å². The van der Waals surface area contributed by atoms with Gasteiger partial charge in [-0.3, -0.25) is 10.1 Å². The van der Waals surface area contributed by atoms with Crippen LogP contribution >= 0.6 is 11.6 Å². The van der Waals surface area contributed by atoms with Gasteiger partial charge in [-0.2, -0.15) is 0 Å². The van der Waals surface area contributed by atoms with Gasteiger partial charge in [0.1, 0.15) is 21.7 Å². The largest absolute Gasteiger partial charge is 0.744 e. The van der Waals surface area contributed by atoms with Gasteiger partial charge in [-0.15, -0.1) is 0 Å². The minimum absolute atomic E-state index is 0.220. The molecule has 0 aliphatic carbocycles. The topological polar surface area (TPSA) is 100 Å². The maximum atomic E-state index is 10.5. The smallest absolute Gasteiger partial charge is 0.289 e. The quantitative estimate of drug-likeness (QED) is 0.0452. The Morgan fingerprint density at radius 2 is 1.19 bits per heavy atom. The number of hydrogen-bond acceptors (Lipinski definition) is 5. The zero-order chi connectivity index (χ0) is 31.3. The van der Waals surface area contributed by atoms with Crippen molar-refractivity contribution < 1.29 is 22.4 Å². The Bertz CT molecular complexity index is 1110. The second-order valence-corrected chi connectivity index (χ2v) is 13.7. The maximum Gasteiger partial charge on any atom is 0.289 e. The average Bonchev–Trinajstić information content (AvgIpc) is 2.93. The molecule has 2 aromatic carbocycles. The first-order valence-corrected chi connectivity index (χ1v) is 17.5. The van der Waals surface area contributed by atoms with Crippen LogP contribution in [0.25, 0.3) is 0 Å². The molecule has 0 aliphatic heterocycles. The van der Waals surface area contributed by atoms with Gasteiger partial charge in [0.2, 0.25) is 0 Å². The Hall–Kier alpha value is -2.00. The molecule has 0 unspecified atom stereocenters. The molecule has 42 heavy (non-hydrogen) atoms. The van der Waals surface area contributed by atoms with Crippen molar-refractivity contribution in [3.05, 3.63) is 69.2 Å². The number of quaternary nitrogens is 1. The zero-order valence-corrected chi connectivity index (χ0v) is 27.6. The summed E-state index contributed by atoms with van der Waals surface area (Å²) in [6.45, 7) is 4.75. The van der Waals surface area contributed by atoms with Gasteiger partial charge in [-0.05, 0) is 25.0 Å². The number of unbranched alkanes of at least 4 members (excludes halogenated alkanes) is 15. The third-order valence-electron chi connectivity index (χ3n) is 7.47. The number of halogens is 1. The first-order chi connectivity index (χ1) is 20.0. The van der Waals surface area contributed by atoms with Crippen LogP contribution < -0.4 is 0 Å². The molecular formula is C33H53ClN2O5S. The molecule has 2 rings (SSSR count). The summed E-state index contributed by atoms with van der Waals surface area (Å²) in [7, 11) is 0.0578. The molecule has 2 aromatic rings.